The Morgan fingerprint density at radius 3 is 2.59 bits per heavy atom. The standard InChI is InChI=1S/C24H28N2O3/c1-16-13-22(16)24(28)26-12-11-25-23(27)19(15-26)14-18-5-3-4-6-21(18)17-7-9-20(29-2)10-8-17/h3-10,16,19,22H,11-15H2,1-2H3,(H,25,27)/t16-,19-,22+/m1/s1. The van der Waals surface area contributed by atoms with E-state index in [4.69, 9.17) is 4.74 Å². The molecule has 1 aliphatic carbocycles. The maximum absolute atomic E-state index is 12.8. The van der Waals surface area contributed by atoms with Gasteiger partial charge >= 0.3 is 0 Å². The zero-order chi connectivity index (χ0) is 20.4. The molecule has 2 aromatic carbocycles. The van der Waals surface area contributed by atoms with E-state index < -0.39 is 0 Å². The Morgan fingerprint density at radius 2 is 1.90 bits per heavy atom. The number of nitrogens with one attached hydrogen (secondary N) is 1. The van der Waals surface area contributed by atoms with Gasteiger partial charge in [0.05, 0.1) is 13.0 Å². The zero-order valence-electron chi connectivity index (χ0n) is 17.1. The maximum atomic E-state index is 12.8. The molecule has 4 rings (SSSR count). The molecule has 2 amide bonds. The van der Waals surface area contributed by atoms with Gasteiger partial charge in [-0.05, 0) is 47.6 Å². The summed E-state index contributed by atoms with van der Waals surface area (Å²) >= 11 is 0. The highest BCUT2D eigenvalue weighted by Crippen LogP contribution is 2.39. The molecule has 2 fully saturated rings. The molecule has 0 spiro atoms. The van der Waals surface area contributed by atoms with Gasteiger partial charge in [0.1, 0.15) is 5.75 Å². The van der Waals surface area contributed by atoms with E-state index in [2.05, 4.69) is 24.4 Å². The normalized spacial score (nSPS) is 23.9. The van der Waals surface area contributed by atoms with Crippen LogP contribution in [0.2, 0.25) is 0 Å². The average molecular weight is 392 g/mol. The van der Waals surface area contributed by atoms with Crippen molar-refractivity contribution in [3.63, 3.8) is 0 Å². The minimum atomic E-state index is -0.241. The van der Waals surface area contributed by atoms with Crippen molar-refractivity contribution in [2.75, 3.05) is 26.7 Å². The van der Waals surface area contributed by atoms with E-state index in [1.54, 1.807) is 7.11 Å². The van der Waals surface area contributed by atoms with Crippen LogP contribution >= 0.6 is 0 Å². The minimum absolute atomic E-state index is 0.0358. The third kappa shape index (κ3) is 4.29. The summed E-state index contributed by atoms with van der Waals surface area (Å²) in [5, 5.41) is 3.00. The number of nitrogens with zero attached hydrogens (tertiary/aromatic N) is 1. The second-order valence-electron chi connectivity index (χ2n) is 8.18. The Kier molecular flexibility index (Phi) is 5.56. The Hall–Kier alpha value is -2.82. The highest BCUT2D eigenvalue weighted by Gasteiger charge is 2.42. The lowest BCUT2D eigenvalue weighted by molar-refractivity contribution is -0.133. The molecule has 1 N–H and O–H groups in total. The smallest absolute Gasteiger partial charge is 0.226 e. The second kappa shape index (κ2) is 8.27. The summed E-state index contributed by atoms with van der Waals surface area (Å²) in [5.41, 5.74) is 3.32. The molecule has 5 nitrogen and oxygen atoms in total. The van der Waals surface area contributed by atoms with Crippen LogP contribution in [0.1, 0.15) is 18.9 Å². The average Bonchev–Trinajstić information content (AvgIpc) is 3.51. The van der Waals surface area contributed by atoms with E-state index in [1.165, 1.54) is 0 Å². The van der Waals surface area contributed by atoms with E-state index >= 15 is 0 Å². The lowest BCUT2D eigenvalue weighted by atomic mass is 9.91. The van der Waals surface area contributed by atoms with Crippen LogP contribution in [0.15, 0.2) is 48.5 Å². The van der Waals surface area contributed by atoms with Gasteiger partial charge < -0.3 is 15.0 Å². The van der Waals surface area contributed by atoms with Gasteiger partial charge in [-0.1, -0.05) is 43.3 Å². The number of rotatable bonds is 5. The molecule has 5 heteroatoms. The van der Waals surface area contributed by atoms with Crippen molar-refractivity contribution in [3.8, 4) is 16.9 Å². The first-order valence-corrected chi connectivity index (χ1v) is 10.4. The van der Waals surface area contributed by atoms with Gasteiger partial charge in [0.25, 0.3) is 0 Å². The number of hydrogen-bond donors (Lipinski definition) is 1. The monoisotopic (exact) mass is 392 g/mol. The molecule has 0 aromatic heterocycles. The fourth-order valence-corrected chi connectivity index (χ4v) is 4.17. The van der Waals surface area contributed by atoms with Crippen molar-refractivity contribution in [1.29, 1.82) is 0 Å². The molecule has 1 saturated heterocycles. The number of methoxy groups -OCH3 is 1. The predicted octanol–water partition coefficient (Wildman–Crippen LogP) is 3.14. The van der Waals surface area contributed by atoms with E-state index in [-0.39, 0.29) is 23.7 Å². The van der Waals surface area contributed by atoms with Crippen molar-refractivity contribution in [2.45, 2.75) is 19.8 Å². The van der Waals surface area contributed by atoms with Crippen LogP contribution < -0.4 is 10.1 Å². The highest BCUT2D eigenvalue weighted by atomic mass is 16.5. The molecule has 29 heavy (non-hydrogen) atoms. The SMILES string of the molecule is COc1ccc(-c2ccccc2C[C@@H]2CN(C(=O)[C@H]3C[C@H]3C)CCNC2=O)cc1. The van der Waals surface area contributed by atoms with E-state index in [9.17, 15) is 9.59 Å². The van der Waals surface area contributed by atoms with Gasteiger partial charge in [-0.2, -0.15) is 0 Å². The molecule has 152 valence electrons. The van der Waals surface area contributed by atoms with Gasteiger partial charge in [0.15, 0.2) is 0 Å². The van der Waals surface area contributed by atoms with Gasteiger partial charge in [-0.15, -0.1) is 0 Å². The van der Waals surface area contributed by atoms with Crippen molar-refractivity contribution in [1.82, 2.24) is 10.2 Å². The van der Waals surface area contributed by atoms with Crippen molar-refractivity contribution in [2.24, 2.45) is 17.8 Å². The van der Waals surface area contributed by atoms with Crippen molar-refractivity contribution < 1.29 is 14.3 Å². The molecule has 3 atom stereocenters. The highest BCUT2D eigenvalue weighted by molar-refractivity contribution is 5.84. The molecular weight excluding hydrogens is 364 g/mol. The van der Waals surface area contributed by atoms with E-state index in [1.807, 2.05) is 41.3 Å². The van der Waals surface area contributed by atoms with Gasteiger partial charge in [0.2, 0.25) is 11.8 Å². The number of carbonyl (C=O) groups excluding carboxylic acids is 2. The largest absolute Gasteiger partial charge is 0.497 e. The van der Waals surface area contributed by atoms with Crippen LogP contribution in [-0.4, -0.2) is 43.5 Å². The zero-order valence-corrected chi connectivity index (χ0v) is 17.1. The van der Waals surface area contributed by atoms with Crippen LogP contribution in [-0.2, 0) is 16.0 Å². The summed E-state index contributed by atoms with van der Waals surface area (Å²) in [5.74, 6) is 1.45. The summed E-state index contributed by atoms with van der Waals surface area (Å²) in [7, 11) is 1.66. The number of hydrogen-bond acceptors (Lipinski definition) is 3. The molecule has 0 unspecified atom stereocenters. The summed E-state index contributed by atoms with van der Waals surface area (Å²) < 4.78 is 5.26. The Morgan fingerprint density at radius 1 is 1.17 bits per heavy atom. The molecule has 2 aliphatic rings. The number of amides is 2. The summed E-state index contributed by atoms with van der Waals surface area (Å²) in [4.78, 5) is 27.3. The fourth-order valence-electron chi connectivity index (χ4n) is 4.17. The maximum Gasteiger partial charge on any atom is 0.226 e. The fraction of sp³-hybridized carbons (Fsp3) is 0.417. The summed E-state index contributed by atoms with van der Waals surface area (Å²) in [6, 6.07) is 16.1. The Bertz CT molecular complexity index is 893. The van der Waals surface area contributed by atoms with E-state index in [0.29, 0.717) is 32.0 Å². The summed E-state index contributed by atoms with van der Waals surface area (Å²) in [6.07, 6.45) is 1.58. The van der Waals surface area contributed by atoms with E-state index in [0.717, 1.165) is 28.9 Å². The molecule has 2 aromatic rings. The Balaban J connectivity index is 1.55. The van der Waals surface area contributed by atoms with Crippen LogP contribution in [0.5, 0.6) is 5.75 Å². The lowest BCUT2D eigenvalue weighted by Gasteiger charge is -2.24. The topological polar surface area (TPSA) is 58.6 Å². The van der Waals surface area contributed by atoms with Crippen LogP contribution in [0, 0.1) is 17.8 Å². The first-order chi connectivity index (χ1) is 14.1. The molecule has 1 heterocycles. The third-order valence-corrected chi connectivity index (χ3v) is 6.12. The molecule has 0 bridgehead atoms. The van der Waals surface area contributed by atoms with Gasteiger partial charge in [0, 0.05) is 25.6 Å². The van der Waals surface area contributed by atoms with Gasteiger partial charge in [-0.25, -0.2) is 0 Å². The quantitative estimate of drug-likeness (QED) is 0.851. The number of ether oxygens (including phenoxy) is 1. The lowest BCUT2D eigenvalue weighted by Crippen LogP contribution is -2.38. The predicted molar refractivity (Wildman–Crippen MR) is 112 cm³/mol. The van der Waals surface area contributed by atoms with Crippen molar-refractivity contribution >= 4 is 11.8 Å². The molecule has 0 radical (unpaired) electrons. The molecular formula is C24H28N2O3. The van der Waals surface area contributed by atoms with Crippen LogP contribution in [0.4, 0.5) is 0 Å². The first-order valence-electron chi connectivity index (χ1n) is 10.4. The third-order valence-electron chi connectivity index (χ3n) is 6.12. The molecule has 1 aliphatic heterocycles. The van der Waals surface area contributed by atoms with Crippen LogP contribution in [0.3, 0.4) is 0 Å². The number of carbonyl (C=O) groups is 2. The van der Waals surface area contributed by atoms with Crippen molar-refractivity contribution in [3.05, 3.63) is 54.1 Å². The number of benzene rings is 2. The van der Waals surface area contributed by atoms with Gasteiger partial charge in [-0.3, -0.25) is 9.59 Å². The summed E-state index contributed by atoms with van der Waals surface area (Å²) in [6.45, 7) is 3.74. The second-order valence-corrected chi connectivity index (χ2v) is 8.18. The Labute approximate surface area is 172 Å². The van der Waals surface area contributed by atoms with Crippen LogP contribution in [0.25, 0.3) is 11.1 Å². The molecule has 1 saturated carbocycles. The first kappa shape index (κ1) is 19.5. The minimum Gasteiger partial charge on any atom is -0.497 e.